The Labute approximate surface area is 700 Å². The van der Waals surface area contributed by atoms with Crippen molar-refractivity contribution in [1.29, 1.82) is 0 Å². The Morgan fingerprint density at radius 3 is 1.30 bits per heavy atom. The third-order valence-electron chi connectivity index (χ3n) is 27.2. The molecule has 2 amide bonds. The van der Waals surface area contributed by atoms with Gasteiger partial charge in [-0.2, -0.15) is 0 Å². The van der Waals surface area contributed by atoms with Gasteiger partial charge in [-0.3, -0.25) is 14.5 Å². The normalized spacial score (nSPS) is 36.6. The molecule has 121 heavy (non-hydrogen) atoms. The van der Waals surface area contributed by atoms with Crippen LogP contribution in [0.15, 0.2) is 95.6 Å². The van der Waals surface area contributed by atoms with E-state index in [1.54, 1.807) is 102 Å². The highest BCUT2D eigenvalue weighted by molar-refractivity contribution is 5.90. The molecule has 5 aliphatic heterocycles. The minimum Gasteiger partial charge on any atom is -0.456 e. The van der Waals surface area contributed by atoms with Crippen molar-refractivity contribution in [3.63, 3.8) is 0 Å². The van der Waals surface area contributed by atoms with Crippen molar-refractivity contribution in [2.45, 2.75) is 319 Å². The van der Waals surface area contributed by atoms with Gasteiger partial charge in [0.05, 0.1) is 55.0 Å². The predicted octanol–water partition coefficient (Wildman–Crippen LogP) is 8.76. The van der Waals surface area contributed by atoms with E-state index in [2.05, 4.69) is 6.58 Å². The van der Waals surface area contributed by atoms with E-state index in [0.29, 0.717) is 68.4 Å². The number of amides is 2. The first kappa shape index (κ1) is 92.4. The monoisotopic (exact) mass is 1710 g/mol. The first-order valence-electron chi connectivity index (χ1n) is 41.2. The fraction of sp³-hybridized carbons (Fsp3) is 0.701. The smallest absolute Gasteiger partial charge is 0.408 e. The number of nitrogens with zero attached hydrogens (tertiary/aromatic N) is 1. The largest absolute Gasteiger partial charge is 0.456 e. The van der Waals surface area contributed by atoms with Crippen LogP contribution in [0, 0.1) is 33.5 Å². The fourth-order valence-corrected chi connectivity index (χ4v) is 21.2. The summed E-state index contributed by atoms with van der Waals surface area (Å²) >= 11 is 0. The van der Waals surface area contributed by atoms with E-state index in [4.69, 9.17) is 66.3 Å². The van der Waals surface area contributed by atoms with Crippen molar-refractivity contribution < 1.29 is 148 Å². The van der Waals surface area contributed by atoms with Gasteiger partial charge in [-0.25, -0.2) is 46.3 Å². The summed E-state index contributed by atoms with van der Waals surface area (Å²) in [5.41, 5.74) is -12.5. The average molecular weight is 1710 g/mol. The van der Waals surface area contributed by atoms with Gasteiger partial charge in [0.25, 0.3) is 11.8 Å². The van der Waals surface area contributed by atoms with E-state index in [0.717, 1.165) is 6.42 Å². The number of benzene rings is 2. The SMILES string of the molecule is C=C[C@@H]1O[C@@H]2C3=C(C)[C@@H](OC(=O)[C@H](O)[C@@H](NC(=O)OC(C)(C)C)C(C)(F)F)C[C@@](O)([C@@H](OC(=O)c4ccccc4)[C@H]4[C@@](C)(CC[C@H]5OC[C@]54OC(C)=O)[C@@H]2O1)C3(C)C.CC(=O)O[C@@]12CO[C@@H]1CC[C@@]1(C)[C@@H]3O[C@H](CN4CC[C@H]4CO)O[C@@H]3C3=C(C)[C@@H](OC(=O)[C@H](O)[C@@H](NC(=O)OC(C)(C)C)C(C)(F)F)C[C@@](O)([C@@H](OC(=O)c4ccccc4)[C@@H]12)C3(C)C. The zero-order chi connectivity index (χ0) is 89.2. The Morgan fingerprint density at radius 1 is 0.579 bits per heavy atom. The second kappa shape index (κ2) is 33.0. The Balaban J connectivity index is 0.000000222. The van der Waals surface area contributed by atoms with Gasteiger partial charge >= 0.3 is 48.0 Å². The fourth-order valence-electron chi connectivity index (χ4n) is 21.2. The summed E-state index contributed by atoms with van der Waals surface area (Å²) in [4.78, 5) is 110. The summed E-state index contributed by atoms with van der Waals surface area (Å²) in [5, 5.41) is 63.7. The third kappa shape index (κ3) is 16.8. The maximum Gasteiger partial charge on any atom is 0.408 e. The van der Waals surface area contributed by atoms with Crippen LogP contribution < -0.4 is 10.6 Å². The Hall–Kier alpha value is -7.74. The molecule has 0 unspecified atom stereocenters. The number of halogens is 4. The molecule has 2 aromatic carbocycles. The molecule has 11 aliphatic rings. The maximum atomic E-state index is 15.1. The standard InChI is InChI=1S/C45H62F2N2O14.C42H55F2NO13/c1-23-27(58-38(54)31(52)34(43(9,46)47)48-39(55)63-40(3,4)5)19-45(56)36(61-37(53)25-13-11-10-12-14-25)33-42(8,17-15-28-44(33,22-57-28)62-24(2)51)35-32(30(23)41(45,6)7)59-29(60-35)20-49-18-16-26(49)21-50;1-11-26-54-29-27-21(2)24(53-35(49)28(47)31(40(10,43)44)45-36(50)58-37(4,5)6)19-42(51,38(27,7)8)33(56-34(48)23-15-13-12-14-16-23)30-39(9,32(29)55-26)18-17-25-41(30,20-52-25)57-22(3)46/h10-14,26-29,31-36,50,52,56H,15-22H2,1-9H3,(H,48,55);11-16,24-26,28-33,47,51H,1,17-20H2,2-10H3,(H,45,50)/t26-,27-,28+,29+,31+,32+,33-,34+,35+,36-,42+,44-,45+;24-,25+,26+,28+,29+,30-,31+,32+,33-,39+,41-,42+/m00/s1. The zero-order valence-corrected chi connectivity index (χ0v) is 71.7. The number of carbonyl (C=O) groups is 8. The summed E-state index contributed by atoms with van der Waals surface area (Å²) < 4.78 is 147. The molecule has 25 atom stereocenters. The van der Waals surface area contributed by atoms with E-state index in [-0.39, 0.29) is 43.5 Å². The predicted molar refractivity (Wildman–Crippen MR) is 417 cm³/mol. The van der Waals surface area contributed by atoms with Gasteiger partial charge in [-0.15, -0.1) is 0 Å². The molecular formula is C87H117F4N3O27. The van der Waals surface area contributed by atoms with Crippen LogP contribution in [0.4, 0.5) is 27.2 Å². The van der Waals surface area contributed by atoms with Crippen LogP contribution in [0.3, 0.4) is 0 Å². The lowest BCUT2D eigenvalue weighted by atomic mass is 9.45. The van der Waals surface area contributed by atoms with E-state index >= 15 is 8.78 Å². The number of alkyl carbamates (subject to hydrolysis) is 2. The number of hydrogen-bond donors (Lipinski definition) is 7. The molecule has 9 fully saturated rings. The number of carbonyl (C=O) groups excluding carboxylic acids is 8. The minimum absolute atomic E-state index is 0.0680. The maximum absolute atomic E-state index is 15.1. The van der Waals surface area contributed by atoms with Gasteiger partial charge in [0, 0.05) is 81.3 Å². The van der Waals surface area contributed by atoms with Gasteiger partial charge in [0.1, 0.15) is 83.3 Å². The molecule has 5 heterocycles. The van der Waals surface area contributed by atoms with E-state index in [9.17, 15) is 72.7 Å². The molecule has 30 nitrogen and oxygen atoms in total. The Bertz CT molecular complexity index is 4350. The van der Waals surface area contributed by atoms with Crippen molar-refractivity contribution in [3.8, 4) is 0 Å². The molecule has 4 saturated carbocycles. The number of esters is 6. The molecule has 4 bridgehead atoms. The summed E-state index contributed by atoms with van der Waals surface area (Å²) in [6.45, 7) is 31.1. The number of likely N-dealkylation sites (tertiary alicyclic amines) is 1. The van der Waals surface area contributed by atoms with Crippen LogP contribution in [0.25, 0.3) is 0 Å². The number of rotatable bonds is 20. The van der Waals surface area contributed by atoms with Gasteiger partial charge in [-0.05, 0) is 140 Å². The third-order valence-corrected chi connectivity index (χ3v) is 27.2. The zero-order valence-electron chi connectivity index (χ0n) is 71.7. The van der Waals surface area contributed by atoms with E-state index in [1.165, 1.54) is 61.5 Å². The lowest BCUT2D eigenvalue weighted by Gasteiger charge is -2.68. The van der Waals surface area contributed by atoms with Crippen LogP contribution in [0.1, 0.15) is 190 Å². The Kier molecular flexibility index (Phi) is 25.2. The van der Waals surface area contributed by atoms with Crippen LogP contribution in [-0.4, -0.2) is 261 Å². The van der Waals surface area contributed by atoms with Crippen molar-refractivity contribution >= 4 is 48.0 Å². The molecule has 34 heteroatoms. The van der Waals surface area contributed by atoms with Crippen molar-refractivity contribution in [2.24, 2.45) is 33.5 Å². The second-order valence-corrected chi connectivity index (χ2v) is 38.1. The molecule has 2 aromatic rings. The minimum atomic E-state index is -3.86. The molecule has 7 N–H and O–H groups in total. The van der Waals surface area contributed by atoms with E-state index in [1.807, 2.05) is 29.4 Å². The molecule has 0 aromatic heterocycles. The molecule has 670 valence electrons. The van der Waals surface area contributed by atoms with Crippen molar-refractivity contribution in [3.05, 3.63) is 107 Å². The van der Waals surface area contributed by atoms with Gasteiger partial charge in [0.15, 0.2) is 36.0 Å². The highest BCUT2D eigenvalue weighted by atomic mass is 19.3. The average Bonchev–Trinajstić information content (AvgIpc) is 1.65. The van der Waals surface area contributed by atoms with Crippen LogP contribution in [0.5, 0.6) is 0 Å². The first-order chi connectivity index (χ1) is 56.1. The van der Waals surface area contributed by atoms with Gasteiger partial charge in [0.2, 0.25) is 0 Å². The summed E-state index contributed by atoms with van der Waals surface area (Å²) in [7, 11) is 0. The van der Waals surface area contributed by atoms with Crippen LogP contribution >= 0.6 is 0 Å². The quantitative estimate of drug-likeness (QED) is 0.0282. The number of alkyl halides is 4. The molecule has 0 radical (unpaired) electrons. The topological polar surface area (TPSA) is 394 Å². The highest BCUT2D eigenvalue weighted by Crippen LogP contribution is 2.70. The summed E-state index contributed by atoms with van der Waals surface area (Å²) in [6, 6.07) is 11.1. The number of aliphatic hydroxyl groups is 5. The van der Waals surface area contributed by atoms with E-state index < -0.39 is 238 Å². The van der Waals surface area contributed by atoms with Gasteiger partial charge < -0.3 is 102 Å². The molecule has 5 saturated heterocycles. The van der Waals surface area contributed by atoms with Crippen LogP contribution in [-0.2, 0) is 85.5 Å². The Morgan fingerprint density at radius 2 is 0.967 bits per heavy atom. The number of ether oxygens (including phenoxy) is 14. The second-order valence-electron chi connectivity index (χ2n) is 38.1. The number of fused-ring (bicyclic) bond motifs is 16. The van der Waals surface area contributed by atoms with Crippen LogP contribution in [0.2, 0.25) is 0 Å². The number of hydrogen-bond acceptors (Lipinski definition) is 28. The summed E-state index contributed by atoms with van der Waals surface area (Å²) in [6.07, 6.45) is -17.8. The molecular weight excluding hydrogens is 1590 g/mol. The van der Waals surface area contributed by atoms with Gasteiger partial charge in [-0.1, -0.05) is 84.5 Å². The summed E-state index contributed by atoms with van der Waals surface area (Å²) in [5.74, 6) is -15.8. The molecule has 6 aliphatic carbocycles. The first-order valence-corrected chi connectivity index (χ1v) is 41.2. The molecule has 0 spiro atoms. The lowest BCUT2D eigenvalue weighted by Crippen LogP contribution is -2.79. The number of nitrogens with one attached hydrogen (secondary N) is 2. The van der Waals surface area contributed by atoms with Crippen molar-refractivity contribution in [2.75, 3.05) is 32.9 Å². The highest BCUT2D eigenvalue weighted by Gasteiger charge is 2.80. The molecule has 13 rings (SSSR count). The lowest BCUT2D eigenvalue weighted by molar-refractivity contribution is -0.345. The number of aliphatic hydroxyl groups excluding tert-OH is 3. The van der Waals surface area contributed by atoms with Crippen molar-refractivity contribution in [1.82, 2.24) is 15.5 Å².